The van der Waals surface area contributed by atoms with Gasteiger partial charge in [-0.25, -0.2) is 0 Å². The van der Waals surface area contributed by atoms with E-state index in [1.165, 1.54) is 0 Å². The summed E-state index contributed by atoms with van der Waals surface area (Å²) < 4.78 is 0. The number of nitrogens with one attached hydrogen (secondary N) is 2. The van der Waals surface area contributed by atoms with Gasteiger partial charge in [0.05, 0.1) is 12.0 Å². The predicted molar refractivity (Wildman–Crippen MR) is 73.8 cm³/mol. The fraction of sp³-hybridized carbons (Fsp3) is 0.857. The molecular weight excluding hydrogens is 244 g/mol. The molecule has 1 saturated heterocycles. The molecule has 5 nitrogen and oxygen atoms in total. The van der Waals surface area contributed by atoms with E-state index < -0.39 is 5.97 Å². The summed E-state index contributed by atoms with van der Waals surface area (Å²) in [7, 11) is 0. The van der Waals surface area contributed by atoms with Crippen molar-refractivity contribution in [3.05, 3.63) is 0 Å². The van der Waals surface area contributed by atoms with Crippen molar-refractivity contribution in [2.24, 2.45) is 11.8 Å². The lowest BCUT2D eigenvalue weighted by atomic mass is 9.90. The maximum atomic E-state index is 11.9. The largest absolute Gasteiger partial charge is 0.481 e. The number of hydrogen-bond acceptors (Lipinski definition) is 3. The Labute approximate surface area is 115 Å². The third-order valence-electron chi connectivity index (χ3n) is 3.94. The highest BCUT2D eigenvalue weighted by molar-refractivity contribution is 5.81. The van der Waals surface area contributed by atoms with Gasteiger partial charge in [-0.05, 0) is 38.1 Å². The zero-order valence-electron chi connectivity index (χ0n) is 11.9. The Morgan fingerprint density at radius 1 is 1.47 bits per heavy atom. The minimum Gasteiger partial charge on any atom is -0.481 e. The van der Waals surface area contributed by atoms with Crippen molar-refractivity contribution in [3.63, 3.8) is 0 Å². The maximum absolute atomic E-state index is 11.9. The van der Waals surface area contributed by atoms with Gasteiger partial charge in [-0.3, -0.25) is 9.59 Å². The zero-order valence-corrected chi connectivity index (χ0v) is 11.9. The van der Waals surface area contributed by atoms with Crippen LogP contribution in [0.25, 0.3) is 0 Å². The van der Waals surface area contributed by atoms with Crippen molar-refractivity contribution in [1.82, 2.24) is 10.6 Å². The van der Waals surface area contributed by atoms with Crippen molar-refractivity contribution < 1.29 is 14.7 Å². The molecule has 1 fully saturated rings. The van der Waals surface area contributed by atoms with Crippen molar-refractivity contribution in [1.29, 1.82) is 0 Å². The second-order valence-electron chi connectivity index (χ2n) is 5.48. The van der Waals surface area contributed by atoms with Crippen LogP contribution in [0.4, 0.5) is 0 Å². The summed E-state index contributed by atoms with van der Waals surface area (Å²) >= 11 is 0. The molecule has 1 heterocycles. The Balaban J connectivity index is 2.18. The second-order valence-corrected chi connectivity index (χ2v) is 5.48. The van der Waals surface area contributed by atoms with Gasteiger partial charge in [0, 0.05) is 6.54 Å². The van der Waals surface area contributed by atoms with Gasteiger partial charge >= 0.3 is 5.97 Å². The zero-order chi connectivity index (χ0) is 14.3. The normalized spacial score (nSPS) is 24.7. The topological polar surface area (TPSA) is 78.4 Å². The minimum atomic E-state index is -0.772. The number of hydrogen-bond donors (Lipinski definition) is 3. The van der Waals surface area contributed by atoms with E-state index in [2.05, 4.69) is 17.6 Å². The van der Waals surface area contributed by atoms with Crippen LogP contribution < -0.4 is 10.6 Å². The van der Waals surface area contributed by atoms with Crippen LogP contribution in [0.15, 0.2) is 0 Å². The number of amides is 1. The highest BCUT2D eigenvalue weighted by Crippen LogP contribution is 2.19. The van der Waals surface area contributed by atoms with Gasteiger partial charge in [0.1, 0.15) is 0 Å². The first-order valence-corrected chi connectivity index (χ1v) is 7.28. The van der Waals surface area contributed by atoms with Crippen LogP contribution in [0.5, 0.6) is 0 Å². The van der Waals surface area contributed by atoms with Crippen molar-refractivity contribution >= 4 is 11.9 Å². The molecule has 1 amide bonds. The molecule has 0 radical (unpaired) electrons. The minimum absolute atomic E-state index is 0.0566. The lowest BCUT2D eigenvalue weighted by Crippen LogP contribution is -2.48. The van der Waals surface area contributed by atoms with Gasteiger partial charge in [-0.15, -0.1) is 0 Å². The molecule has 0 aromatic rings. The maximum Gasteiger partial charge on any atom is 0.306 e. The smallest absolute Gasteiger partial charge is 0.306 e. The number of carbonyl (C=O) groups excluding carboxylic acids is 1. The summed E-state index contributed by atoms with van der Waals surface area (Å²) in [4.78, 5) is 22.6. The Kier molecular flexibility index (Phi) is 6.84. The fourth-order valence-corrected chi connectivity index (χ4v) is 2.43. The number of aliphatic carboxylic acids is 1. The molecule has 19 heavy (non-hydrogen) atoms. The molecule has 0 bridgehead atoms. The highest BCUT2D eigenvalue weighted by atomic mass is 16.4. The van der Waals surface area contributed by atoms with E-state index in [0.717, 1.165) is 25.8 Å². The Morgan fingerprint density at radius 3 is 2.84 bits per heavy atom. The first-order valence-electron chi connectivity index (χ1n) is 7.28. The van der Waals surface area contributed by atoms with Crippen LogP contribution >= 0.6 is 0 Å². The molecule has 1 rings (SSSR count). The van der Waals surface area contributed by atoms with Crippen LogP contribution in [0.2, 0.25) is 0 Å². The van der Waals surface area contributed by atoms with Crippen LogP contribution in [-0.4, -0.2) is 36.1 Å². The third kappa shape index (κ3) is 5.59. The van der Waals surface area contributed by atoms with Gasteiger partial charge in [0.2, 0.25) is 5.91 Å². The summed E-state index contributed by atoms with van der Waals surface area (Å²) in [5.41, 5.74) is 0. The molecule has 0 saturated carbocycles. The Bertz CT molecular complexity index is 307. The summed E-state index contributed by atoms with van der Waals surface area (Å²) in [6.45, 7) is 5.33. The molecule has 0 aromatic heterocycles. The molecule has 3 atom stereocenters. The third-order valence-corrected chi connectivity index (χ3v) is 3.94. The standard InChI is InChI=1S/C14H26N2O3/c1-3-11-6-8-15-12(9-11)13(17)16-7-4-5-10(2)14(18)19/h10-12,15H,3-9H2,1-2H3,(H,16,17)(H,18,19). The van der Waals surface area contributed by atoms with Crippen LogP contribution in [0.1, 0.15) is 46.0 Å². The molecule has 5 heteroatoms. The first kappa shape index (κ1) is 16.0. The number of piperidine rings is 1. The van der Waals surface area contributed by atoms with Crippen molar-refractivity contribution in [3.8, 4) is 0 Å². The number of carboxylic acid groups (broad SMARTS) is 1. The van der Waals surface area contributed by atoms with Gasteiger partial charge in [-0.1, -0.05) is 20.3 Å². The Morgan fingerprint density at radius 2 is 2.21 bits per heavy atom. The van der Waals surface area contributed by atoms with E-state index in [4.69, 9.17) is 5.11 Å². The van der Waals surface area contributed by atoms with E-state index in [-0.39, 0.29) is 17.9 Å². The molecule has 3 N–H and O–H groups in total. The summed E-state index contributed by atoms with van der Waals surface area (Å²) in [6.07, 6.45) is 4.50. The van der Waals surface area contributed by atoms with Gasteiger partial charge in [0.25, 0.3) is 0 Å². The molecule has 1 aliphatic heterocycles. The number of rotatable bonds is 7. The first-order chi connectivity index (χ1) is 9.04. The number of carboxylic acids is 1. The molecule has 0 aliphatic carbocycles. The summed E-state index contributed by atoms with van der Waals surface area (Å²) in [5, 5.41) is 14.9. The van der Waals surface area contributed by atoms with Crippen LogP contribution in [0, 0.1) is 11.8 Å². The predicted octanol–water partition coefficient (Wildman–Crippen LogP) is 1.38. The SMILES string of the molecule is CCC1CCNC(C(=O)NCCCC(C)C(=O)O)C1. The summed E-state index contributed by atoms with van der Waals surface area (Å²) in [6, 6.07) is -0.0735. The molecule has 3 unspecified atom stereocenters. The quantitative estimate of drug-likeness (QED) is 0.611. The lowest BCUT2D eigenvalue weighted by Gasteiger charge is -2.28. The number of carbonyl (C=O) groups is 2. The van der Waals surface area contributed by atoms with Crippen LogP contribution in [0.3, 0.4) is 0 Å². The van der Waals surface area contributed by atoms with Crippen LogP contribution in [-0.2, 0) is 9.59 Å². The second kappa shape index (κ2) is 8.15. The van der Waals surface area contributed by atoms with Crippen molar-refractivity contribution in [2.75, 3.05) is 13.1 Å². The van der Waals surface area contributed by atoms with E-state index in [9.17, 15) is 9.59 Å². The van der Waals surface area contributed by atoms with Gasteiger partial charge in [0.15, 0.2) is 0 Å². The van der Waals surface area contributed by atoms with Gasteiger partial charge in [-0.2, -0.15) is 0 Å². The molecule has 1 aliphatic rings. The molecular formula is C14H26N2O3. The average Bonchev–Trinajstić information content (AvgIpc) is 2.42. The molecule has 0 spiro atoms. The monoisotopic (exact) mass is 270 g/mol. The fourth-order valence-electron chi connectivity index (χ4n) is 2.43. The summed E-state index contributed by atoms with van der Waals surface area (Å²) in [5.74, 6) is -0.412. The average molecular weight is 270 g/mol. The Hall–Kier alpha value is -1.10. The van der Waals surface area contributed by atoms with E-state index in [0.29, 0.717) is 25.3 Å². The highest BCUT2D eigenvalue weighted by Gasteiger charge is 2.25. The van der Waals surface area contributed by atoms with Crippen molar-refractivity contribution in [2.45, 2.75) is 52.0 Å². The van der Waals surface area contributed by atoms with Gasteiger partial charge < -0.3 is 15.7 Å². The molecule has 0 aromatic carbocycles. The van der Waals surface area contributed by atoms with E-state index in [1.807, 2.05) is 0 Å². The van der Waals surface area contributed by atoms with E-state index in [1.54, 1.807) is 6.92 Å². The molecule has 110 valence electrons. The van der Waals surface area contributed by atoms with E-state index >= 15 is 0 Å². The lowest BCUT2D eigenvalue weighted by molar-refractivity contribution is -0.141.